The first-order valence-corrected chi connectivity index (χ1v) is 5.03. The quantitative estimate of drug-likeness (QED) is 0.800. The van der Waals surface area contributed by atoms with Gasteiger partial charge in [0.05, 0.1) is 18.1 Å². The first-order chi connectivity index (χ1) is 6.20. The monoisotopic (exact) mass is 298 g/mol. The van der Waals surface area contributed by atoms with Crippen LogP contribution >= 0.6 is 31.9 Å². The molecule has 0 aliphatic carbocycles. The highest BCUT2D eigenvalue weighted by Gasteiger charge is 2.08. The Morgan fingerprint density at radius 3 is 2.46 bits per heavy atom. The standard InChI is InChI=1S/C9H4Br2N2/c10-8-2-1-6(5-13)9(11)7(8)3-4-12/h1-2H,3H2. The van der Waals surface area contributed by atoms with Crippen LogP contribution in [0.3, 0.4) is 0 Å². The number of rotatable bonds is 1. The molecule has 0 aliphatic heterocycles. The van der Waals surface area contributed by atoms with E-state index in [2.05, 4.69) is 31.9 Å². The molecule has 1 rings (SSSR count). The lowest BCUT2D eigenvalue weighted by atomic mass is 10.1. The first-order valence-electron chi connectivity index (χ1n) is 3.44. The Balaban J connectivity index is 3.33. The molecule has 0 aliphatic rings. The highest BCUT2D eigenvalue weighted by atomic mass is 79.9. The normalized spacial score (nSPS) is 8.92. The second kappa shape index (κ2) is 4.41. The van der Waals surface area contributed by atoms with Crippen molar-refractivity contribution in [3.8, 4) is 12.1 Å². The van der Waals surface area contributed by atoms with Crippen molar-refractivity contribution in [3.63, 3.8) is 0 Å². The van der Waals surface area contributed by atoms with Crippen LogP contribution in [0.4, 0.5) is 0 Å². The van der Waals surface area contributed by atoms with Gasteiger partial charge in [0.15, 0.2) is 0 Å². The Bertz CT molecular complexity index is 413. The number of hydrogen-bond donors (Lipinski definition) is 0. The summed E-state index contributed by atoms with van der Waals surface area (Å²) >= 11 is 6.61. The van der Waals surface area contributed by atoms with Gasteiger partial charge in [0.2, 0.25) is 0 Å². The third kappa shape index (κ3) is 2.09. The predicted molar refractivity (Wildman–Crippen MR) is 55.9 cm³/mol. The fourth-order valence-electron chi connectivity index (χ4n) is 0.925. The van der Waals surface area contributed by atoms with Gasteiger partial charge < -0.3 is 0 Å². The SMILES string of the molecule is N#CCc1c(Br)ccc(C#N)c1Br. The maximum atomic E-state index is 8.72. The van der Waals surface area contributed by atoms with Crippen LogP contribution in [0.2, 0.25) is 0 Å². The van der Waals surface area contributed by atoms with Gasteiger partial charge in [-0.1, -0.05) is 15.9 Å². The van der Waals surface area contributed by atoms with Crippen LogP contribution in [0.1, 0.15) is 11.1 Å². The largest absolute Gasteiger partial charge is 0.198 e. The van der Waals surface area contributed by atoms with E-state index in [1.54, 1.807) is 12.1 Å². The zero-order valence-corrected chi connectivity index (χ0v) is 9.68. The molecule has 13 heavy (non-hydrogen) atoms. The summed E-state index contributed by atoms with van der Waals surface area (Å²) in [7, 11) is 0. The fourth-order valence-corrected chi connectivity index (χ4v) is 2.24. The molecule has 0 amide bonds. The molecule has 0 N–H and O–H groups in total. The van der Waals surface area contributed by atoms with Gasteiger partial charge in [0.1, 0.15) is 6.07 Å². The number of nitrogens with zero attached hydrogens (tertiary/aromatic N) is 2. The molecular weight excluding hydrogens is 296 g/mol. The molecule has 0 aromatic heterocycles. The first kappa shape index (κ1) is 10.2. The van der Waals surface area contributed by atoms with Gasteiger partial charge in [-0.25, -0.2) is 0 Å². The predicted octanol–water partition coefficient (Wildman–Crippen LogP) is 3.15. The van der Waals surface area contributed by atoms with E-state index in [4.69, 9.17) is 10.5 Å². The summed E-state index contributed by atoms with van der Waals surface area (Å²) in [6.07, 6.45) is 0.288. The van der Waals surface area contributed by atoms with E-state index in [0.29, 0.717) is 10.0 Å². The van der Waals surface area contributed by atoms with Crippen molar-refractivity contribution in [2.24, 2.45) is 0 Å². The lowest BCUT2D eigenvalue weighted by molar-refractivity contribution is 1.22. The Morgan fingerprint density at radius 1 is 1.23 bits per heavy atom. The van der Waals surface area contributed by atoms with Gasteiger partial charge in [-0.05, 0) is 33.6 Å². The number of benzene rings is 1. The summed E-state index contributed by atoms with van der Waals surface area (Å²) in [4.78, 5) is 0. The molecule has 0 heterocycles. The minimum absolute atomic E-state index is 0.288. The molecule has 0 saturated heterocycles. The van der Waals surface area contributed by atoms with Crippen LogP contribution in [0.5, 0.6) is 0 Å². The summed E-state index contributed by atoms with van der Waals surface area (Å²) < 4.78 is 1.55. The van der Waals surface area contributed by atoms with Crippen molar-refractivity contribution in [2.75, 3.05) is 0 Å². The second-order valence-corrected chi connectivity index (χ2v) is 3.98. The average molecular weight is 300 g/mol. The minimum atomic E-state index is 0.288. The Hall–Kier alpha value is -0.840. The molecule has 0 spiro atoms. The Labute approximate surface area is 93.0 Å². The van der Waals surface area contributed by atoms with Crippen LogP contribution in [0, 0.1) is 22.7 Å². The molecule has 0 unspecified atom stereocenters. The minimum Gasteiger partial charge on any atom is -0.198 e. The van der Waals surface area contributed by atoms with E-state index in [1.165, 1.54) is 0 Å². The lowest BCUT2D eigenvalue weighted by Gasteiger charge is -2.03. The van der Waals surface area contributed by atoms with Crippen LogP contribution in [-0.4, -0.2) is 0 Å². The summed E-state index contributed by atoms with van der Waals surface area (Å²) in [6.45, 7) is 0. The maximum absolute atomic E-state index is 8.72. The molecule has 0 atom stereocenters. The van der Waals surface area contributed by atoms with E-state index in [0.717, 1.165) is 10.0 Å². The molecule has 0 fully saturated rings. The van der Waals surface area contributed by atoms with Crippen molar-refractivity contribution in [3.05, 3.63) is 32.2 Å². The zero-order valence-electron chi connectivity index (χ0n) is 6.51. The van der Waals surface area contributed by atoms with Gasteiger partial charge in [-0.2, -0.15) is 10.5 Å². The molecule has 0 radical (unpaired) electrons. The van der Waals surface area contributed by atoms with Crippen molar-refractivity contribution in [1.29, 1.82) is 10.5 Å². The van der Waals surface area contributed by atoms with Crippen LogP contribution in [0.25, 0.3) is 0 Å². The van der Waals surface area contributed by atoms with E-state index >= 15 is 0 Å². The molecule has 0 saturated carbocycles. The highest BCUT2D eigenvalue weighted by molar-refractivity contribution is 9.11. The lowest BCUT2D eigenvalue weighted by Crippen LogP contribution is -1.89. The van der Waals surface area contributed by atoms with Crippen molar-refractivity contribution >= 4 is 31.9 Å². The molecule has 2 nitrogen and oxygen atoms in total. The third-order valence-corrected chi connectivity index (χ3v) is 3.21. The molecular formula is C9H4Br2N2. The summed E-state index contributed by atoms with van der Waals surface area (Å²) in [5.41, 5.74) is 1.37. The topological polar surface area (TPSA) is 47.6 Å². The molecule has 0 bridgehead atoms. The van der Waals surface area contributed by atoms with E-state index in [9.17, 15) is 0 Å². The Kier molecular flexibility index (Phi) is 3.48. The van der Waals surface area contributed by atoms with Gasteiger partial charge >= 0.3 is 0 Å². The maximum Gasteiger partial charge on any atom is 0.100 e. The van der Waals surface area contributed by atoms with E-state index < -0.39 is 0 Å². The van der Waals surface area contributed by atoms with Crippen LogP contribution in [0.15, 0.2) is 21.1 Å². The van der Waals surface area contributed by atoms with Crippen molar-refractivity contribution in [2.45, 2.75) is 6.42 Å². The average Bonchev–Trinajstić information content (AvgIpc) is 2.12. The van der Waals surface area contributed by atoms with Crippen molar-refractivity contribution < 1.29 is 0 Å². The molecule has 1 aromatic carbocycles. The zero-order chi connectivity index (χ0) is 9.84. The van der Waals surface area contributed by atoms with Gasteiger partial charge in [-0.3, -0.25) is 0 Å². The third-order valence-electron chi connectivity index (χ3n) is 1.56. The van der Waals surface area contributed by atoms with Gasteiger partial charge in [0.25, 0.3) is 0 Å². The van der Waals surface area contributed by atoms with Gasteiger partial charge in [-0.15, -0.1) is 0 Å². The highest BCUT2D eigenvalue weighted by Crippen LogP contribution is 2.28. The van der Waals surface area contributed by atoms with Crippen LogP contribution < -0.4 is 0 Å². The number of halogens is 2. The smallest absolute Gasteiger partial charge is 0.100 e. The Morgan fingerprint density at radius 2 is 1.92 bits per heavy atom. The molecule has 1 aromatic rings. The molecule has 4 heteroatoms. The van der Waals surface area contributed by atoms with Gasteiger partial charge in [0, 0.05) is 8.95 Å². The van der Waals surface area contributed by atoms with E-state index in [1.807, 2.05) is 12.1 Å². The van der Waals surface area contributed by atoms with E-state index in [-0.39, 0.29) is 6.42 Å². The summed E-state index contributed by atoms with van der Waals surface area (Å²) in [5.74, 6) is 0. The number of nitriles is 2. The second-order valence-electron chi connectivity index (χ2n) is 2.33. The van der Waals surface area contributed by atoms with Crippen LogP contribution in [-0.2, 0) is 6.42 Å². The molecule has 64 valence electrons. The summed E-state index contributed by atoms with van der Waals surface area (Å²) in [6, 6.07) is 7.57. The number of hydrogen-bond acceptors (Lipinski definition) is 2. The fraction of sp³-hybridized carbons (Fsp3) is 0.111. The summed E-state index contributed by atoms with van der Waals surface area (Å²) in [5, 5.41) is 17.3. The van der Waals surface area contributed by atoms with Crippen molar-refractivity contribution in [1.82, 2.24) is 0 Å².